The zero-order valence-corrected chi connectivity index (χ0v) is 20.5. The maximum absolute atomic E-state index is 14.2. The number of hydrogen-bond acceptors (Lipinski definition) is 5. The highest BCUT2D eigenvalue weighted by Gasteiger charge is 2.73. The van der Waals surface area contributed by atoms with E-state index in [1.54, 1.807) is 0 Å². The van der Waals surface area contributed by atoms with Gasteiger partial charge in [0.2, 0.25) is 0 Å². The molecule has 0 aliphatic heterocycles. The van der Waals surface area contributed by atoms with Crippen LogP contribution in [0.1, 0.15) is 79.6 Å². The summed E-state index contributed by atoms with van der Waals surface area (Å²) < 4.78 is 0. The lowest BCUT2D eigenvalue weighted by Crippen LogP contribution is -2.65. The van der Waals surface area contributed by atoms with Crippen molar-refractivity contribution in [3.8, 4) is 0 Å². The Morgan fingerprint density at radius 3 is 2.28 bits per heavy atom. The summed E-state index contributed by atoms with van der Waals surface area (Å²) >= 11 is 0. The average Bonchev–Trinajstić information content (AvgIpc) is 3.10. The van der Waals surface area contributed by atoms with E-state index in [4.69, 9.17) is 0 Å². The number of aliphatic hydroxyl groups excluding tert-OH is 3. The maximum Gasteiger partial charge on any atom is 0.143 e. The van der Waals surface area contributed by atoms with Gasteiger partial charge in [-0.15, -0.1) is 0 Å². The predicted octanol–water partition coefficient (Wildman–Crippen LogP) is 3.17. The quantitative estimate of drug-likeness (QED) is 0.520. The van der Waals surface area contributed by atoms with Crippen LogP contribution >= 0.6 is 0 Å². The summed E-state index contributed by atoms with van der Waals surface area (Å²) in [5.41, 5.74) is -1.35. The number of rotatable bonds is 2. The van der Waals surface area contributed by atoms with Crippen LogP contribution < -0.4 is 0 Å². The molecule has 0 radical (unpaired) electrons. The highest BCUT2D eigenvalue weighted by Crippen LogP contribution is 2.71. The topological polar surface area (TPSA) is 98.0 Å². The maximum atomic E-state index is 14.2. The molecule has 5 saturated carbocycles. The van der Waals surface area contributed by atoms with Crippen LogP contribution in [0.5, 0.6) is 0 Å². The molecule has 6 unspecified atom stereocenters. The van der Waals surface area contributed by atoms with E-state index >= 15 is 0 Å². The fraction of sp³-hybridized carbons (Fsp3) is 0.963. The second-order valence-corrected chi connectivity index (χ2v) is 13.5. The molecule has 0 amide bonds. The molecule has 32 heavy (non-hydrogen) atoms. The van der Waals surface area contributed by atoms with Crippen molar-refractivity contribution in [2.45, 2.75) is 103 Å². The number of Topliss-reactive ketones (excluding diaryl/α,β-unsaturated/α-hetero) is 1. The first-order valence-corrected chi connectivity index (χ1v) is 13.2. The van der Waals surface area contributed by atoms with E-state index in [0.717, 1.165) is 25.7 Å². The molecule has 5 aliphatic rings. The fourth-order valence-corrected chi connectivity index (χ4v) is 10.4. The molecule has 13 atom stereocenters. The molecule has 0 spiro atoms. The number of aliphatic hydroxyl groups is 4. The second-order valence-electron chi connectivity index (χ2n) is 13.5. The molecule has 5 nitrogen and oxygen atoms in total. The predicted molar refractivity (Wildman–Crippen MR) is 121 cm³/mol. The first kappa shape index (κ1) is 23.3. The summed E-state index contributed by atoms with van der Waals surface area (Å²) in [7, 11) is 0. The second kappa shape index (κ2) is 7.26. The Hall–Kier alpha value is -0.490. The molecular weight excluding hydrogens is 404 g/mol. The third kappa shape index (κ3) is 2.86. The highest BCUT2D eigenvalue weighted by atomic mass is 16.3. The summed E-state index contributed by atoms with van der Waals surface area (Å²) in [4.78, 5) is 14.2. The first-order chi connectivity index (χ1) is 14.8. The van der Waals surface area contributed by atoms with Crippen LogP contribution in [-0.2, 0) is 4.79 Å². The third-order valence-corrected chi connectivity index (χ3v) is 11.3. The Balaban J connectivity index is 1.56. The van der Waals surface area contributed by atoms with Crippen molar-refractivity contribution in [3.05, 3.63) is 0 Å². The van der Waals surface area contributed by atoms with Gasteiger partial charge in [-0.05, 0) is 85.4 Å². The molecule has 5 rings (SSSR count). The third-order valence-electron chi connectivity index (χ3n) is 11.3. The Bertz CT molecular complexity index is 782. The van der Waals surface area contributed by atoms with Gasteiger partial charge in [-0.1, -0.05) is 34.6 Å². The van der Waals surface area contributed by atoms with E-state index in [0.29, 0.717) is 25.2 Å². The normalized spacial score (nSPS) is 59.5. The molecule has 0 bridgehead atoms. The number of carbonyl (C=O) groups is 1. The molecule has 5 fully saturated rings. The van der Waals surface area contributed by atoms with Gasteiger partial charge in [0.1, 0.15) is 5.78 Å². The van der Waals surface area contributed by atoms with Crippen molar-refractivity contribution in [3.63, 3.8) is 0 Å². The Morgan fingerprint density at radius 1 is 0.969 bits per heavy atom. The van der Waals surface area contributed by atoms with E-state index < -0.39 is 23.9 Å². The van der Waals surface area contributed by atoms with Crippen LogP contribution in [0.2, 0.25) is 0 Å². The van der Waals surface area contributed by atoms with Crippen molar-refractivity contribution in [2.75, 3.05) is 0 Å². The first-order valence-electron chi connectivity index (χ1n) is 13.2. The monoisotopic (exact) mass is 448 g/mol. The van der Waals surface area contributed by atoms with E-state index in [9.17, 15) is 25.2 Å². The summed E-state index contributed by atoms with van der Waals surface area (Å²) in [6.45, 7) is 10.9. The molecule has 0 heterocycles. The lowest BCUT2D eigenvalue weighted by atomic mass is 9.43. The van der Waals surface area contributed by atoms with Gasteiger partial charge in [-0.2, -0.15) is 0 Å². The number of fused-ring (bicyclic) bond motifs is 7. The van der Waals surface area contributed by atoms with Crippen LogP contribution in [0.4, 0.5) is 0 Å². The number of carbonyl (C=O) groups excluding carboxylic acids is 1. The fourth-order valence-electron chi connectivity index (χ4n) is 10.4. The van der Waals surface area contributed by atoms with Gasteiger partial charge >= 0.3 is 0 Å². The van der Waals surface area contributed by atoms with Crippen LogP contribution in [0.25, 0.3) is 0 Å². The largest absolute Gasteiger partial charge is 0.393 e. The molecule has 0 saturated heterocycles. The van der Waals surface area contributed by atoms with Gasteiger partial charge < -0.3 is 20.4 Å². The van der Waals surface area contributed by atoms with Crippen molar-refractivity contribution < 1.29 is 25.2 Å². The Labute approximate surface area is 193 Å². The van der Waals surface area contributed by atoms with Gasteiger partial charge in [0.15, 0.2) is 0 Å². The standard InChI is InChI=1S/C27H44O5/c1-13(2)11-27(32)12-14(3)19-21(27)24(31)20-18-16(7-9-26(19,20)5)25(4)8-6-15(28)10-17(25)22(29)23(18)30/h13-23,28-30,32H,6-12H2,1-5H3/t14-,15-,16?,17?,18?,19?,20?,21?,22-,23-,25-,26-,27-/m1/s1. The van der Waals surface area contributed by atoms with Crippen molar-refractivity contribution >= 4 is 5.78 Å². The van der Waals surface area contributed by atoms with E-state index in [1.165, 1.54) is 0 Å². The van der Waals surface area contributed by atoms with Crippen LogP contribution in [0.3, 0.4) is 0 Å². The summed E-state index contributed by atoms with van der Waals surface area (Å²) in [5, 5.41) is 44.7. The smallest absolute Gasteiger partial charge is 0.143 e. The Kier molecular flexibility index (Phi) is 5.27. The van der Waals surface area contributed by atoms with Crippen LogP contribution in [-0.4, -0.2) is 50.1 Å². The molecule has 0 aromatic carbocycles. The molecule has 182 valence electrons. The SMILES string of the molecule is CC(C)C[C@@]1(O)C[C@@H](C)C2C1C(=O)C1C3C(CC[C@@]12C)[C@@]1(C)CC[C@@H](O)CC1[C@@H](O)[C@@H]3O. The van der Waals surface area contributed by atoms with Crippen LogP contribution in [0.15, 0.2) is 0 Å². The summed E-state index contributed by atoms with van der Waals surface area (Å²) in [6.07, 6.45) is 3.06. The average molecular weight is 449 g/mol. The lowest BCUT2D eigenvalue weighted by molar-refractivity contribution is -0.221. The minimum atomic E-state index is -0.954. The van der Waals surface area contributed by atoms with Gasteiger partial charge in [0.25, 0.3) is 0 Å². The van der Waals surface area contributed by atoms with Gasteiger partial charge in [-0.25, -0.2) is 0 Å². The zero-order chi connectivity index (χ0) is 23.4. The minimum Gasteiger partial charge on any atom is -0.393 e. The minimum absolute atomic E-state index is 0.125. The molecular formula is C27H44O5. The Morgan fingerprint density at radius 2 is 1.62 bits per heavy atom. The number of hydrogen-bond donors (Lipinski definition) is 4. The molecule has 4 N–H and O–H groups in total. The molecule has 0 aromatic heterocycles. The van der Waals surface area contributed by atoms with Gasteiger partial charge in [0.05, 0.1) is 29.8 Å². The number of ketones is 1. The van der Waals surface area contributed by atoms with Gasteiger partial charge in [0, 0.05) is 11.8 Å². The summed E-state index contributed by atoms with van der Waals surface area (Å²) in [5.74, 6) is 0.0388. The molecule has 5 aliphatic carbocycles. The van der Waals surface area contributed by atoms with Crippen molar-refractivity contribution in [1.82, 2.24) is 0 Å². The van der Waals surface area contributed by atoms with Crippen LogP contribution in [0, 0.1) is 58.2 Å². The van der Waals surface area contributed by atoms with E-state index in [1.807, 2.05) is 0 Å². The lowest BCUT2D eigenvalue weighted by Gasteiger charge is -2.63. The van der Waals surface area contributed by atoms with E-state index in [-0.39, 0.29) is 58.0 Å². The molecule has 0 aromatic rings. The van der Waals surface area contributed by atoms with E-state index in [2.05, 4.69) is 34.6 Å². The van der Waals surface area contributed by atoms with Gasteiger partial charge in [-0.3, -0.25) is 4.79 Å². The summed E-state index contributed by atoms with van der Waals surface area (Å²) in [6, 6.07) is 0. The zero-order valence-electron chi connectivity index (χ0n) is 20.5. The molecule has 5 heteroatoms. The van der Waals surface area contributed by atoms with Crippen molar-refractivity contribution in [2.24, 2.45) is 58.2 Å². The highest BCUT2D eigenvalue weighted by molar-refractivity contribution is 5.89. The van der Waals surface area contributed by atoms with Crippen molar-refractivity contribution in [1.29, 1.82) is 0 Å².